The summed E-state index contributed by atoms with van der Waals surface area (Å²) in [7, 11) is 0. The molecule has 20 heavy (non-hydrogen) atoms. The van der Waals surface area contributed by atoms with Gasteiger partial charge in [-0.15, -0.1) is 0 Å². The fourth-order valence-electron chi connectivity index (χ4n) is 3.06. The quantitative estimate of drug-likeness (QED) is 0.856. The molecule has 1 unspecified atom stereocenters. The molecule has 0 aromatic heterocycles. The molecule has 1 saturated heterocycles. The van der Waals surface area contributed by atoms with Crippen molar-refractivity contribution in [3.8, 4) is 0 Å². The zero-order chi connectivity index (χ0) is 14.7. The number of rotatable bonds is 4. The first-order chi connectivity index (χ1) is 9.56. The largest absolute Gasteiger partial charge is 0.399 e. The van der Waals surface area contributed by atoms with Crippen molar-refractivity contribution in [2.75, 3.05) is 31.9 Å². The van der Waals surface area contributed by atoms with Crippen LogP contribution in [-0.4, -0.2) is 47.9 Å². The number of likely N-dealkylation sites (tertiary alicyclic amines) is 1. The Balaban J connectivity index is 2.08. The van der Waals surface area contributed by atoms with Crippen molar-refractivity contribution in [2.24, 2.45) is 0 Å². The third-order valence-electron chi connectivity index (χ3n) is 4.26. The smallest absolute Gasteiger partial charge is 0.254 e. The predicted molar refractivity (Wildman–Crippen MR) is 82.8 cm³/mol. The minimum atomic E-state index is 0.136. The van der Waals surface area contributed by atoms with Crippen molar-refractivity contribution in [1.82, 2.24) is 9.80 Å². The van der Waals surface area contributed by atoms with Crippen molar-refractivity contribution in [3.63, 3.8) is 0 Å². The number of nitrogens with zero attached hydrogens (tertiary/aromatic N) is 2. The van der Waals surface area contributed by atoms with Crippen LogP contribution >= 0.6 is 0 Å². The Kier molecular flexibility index (Phi) is 4.65. The number of carbonyl (C=O) groups excluding carboxylic acids is 1. The molecule has 0 saturated carbocycles. The summed E-state index contributed by atoms with van der Waals surface area (Å²) in [5, 5.41) is 0. The molecule has 1 amide bonds. The highest BCUT2D eigenvalue weighted by molar-refractivity contribution is 5.96. The molecule has 1 aromatic carbocycles. The van der Waals surface area contributed by atoms with Crippen LogP contribution in [0, 0.1) is 6.92 Å². The van der Waals surface area contributed by atoms with Crippen LogP contribution in [0.25, 0.3) is 0 Å². The van der Waals surface area contributed by atoms with Crippen molar-refractivity contribution >= 4 is 11.6 Å². The van der Waals surface area contributed by atoms with E-state index in [1.54, 1.807) is 6.07 Å². The van der Waals surface area contributed by atoms with Crippen molar-refractivity contribution in [2.45, 2.75) is 33.2 Å². The molecule has 1 heterocycles. The lowest BCUT2D eigenvalue weighted by molar-refractivity contribution is 0.0777. The molecule has 2 rings (SSSR count). The van der Waals surface area contributed by atoms with Crippen LogP contribution in [0.2, 0.25) is 0 Å². The molecule has 1 aromatic rings. The van der Waals surface area contributed by atoms with Gasteiger partial charge in [-0.05, 0) is 50.2 Å². The summed E-state index contributed by atoms with van der Waals surface area (Å²) in [6.45, 7) is 10.1. The van der Waals surface area contributed by atoms with Gasteiger partial charge in [0.25, 0.3) is 5.91 Å². The van der Waals surface area contributed by atoms with Gasteiger partial charge in [-0.1, -0.05) is 13.8 Å². The zero-order valence-corrected chi connectivity index (χ0v) is 12.7. The van der Waals surface area contributed by atoms with E-state index in [0.717, 1.165) is 43.7 Å². The fourth-order valence-corrected chi connectivity index (χ4v) is 3.06. The Bertz CT molecular complexity index is 483. The van der Waals surface area contributed by atoms with Gasteiger partial charge in [-0.2, -0.15) is 0 Å². The maximum absolute atomic E-state index is 12.6. The highest BCUT2D eigenvalue weighted by Gasteiger charge is 2.30. The summed E-state index contributed by atoms with van der Waals surface area (Å²) < 4.78 is 0. The lowest BCUT2D eigenvalue weighted by Gasteiger charge is -2.26. The molecular weight excluding hydrogens is 250 g/mol. The van der Waals surface area contributed by atoms with Crippen LogP contribution < -0.4 is 5.73 Å². The minimum absolute atomic E-state index is 0.136. The van der Waals surface area contributed by atoms with Gasteiger partial charge in [-0.3, -0.25) is 9.69 Å². The number of hydrogen-bond acceptors (Lipinski definition) is 3. The van der Waals surface area contributed by atoms with Gasteiger partial charge in [0, 0.05) is 30.4 Å². The Morgan fingerprint density at radius 3 is 2.70 bits per heavy atom. The van der Waals surface area contributed by atoms with E-state index in [9.17, 15) is 4.79 Å². The van der Waals surface area contributed by atoms with Crippen LogP contribution in [0.4, 0.5) is 5.69 Å². The number of nitrogens with two attached hydrogens (primary N) is 1. The van der Waals surface area contributed by atoms with Gasteiger partial charge in [0.15, 0.2) is 0 Å². The maximum Gasteiger partial charge on any atom is 0.254 e. The first-order valence-electron chi connectivity index (χ1n) is 7.46. The van der Waals surface area contributed by atoms with E-state index in [1.165, 1.54) is 0 Å². The number of anilines is 1. The number of carbonyl (C=O) groups is 1. The zero-order valence-electron chi connectivity index (χ0n) is 12.7. The van der Waals surface area contributed by atoms with Crippen LogP contribution in [0.1, 0.15) is 36.2 Å². The van der Waals surface area contributed by atoms with Crippen LogP contribution in [0.5, 0.6) is 0 Å². The van der Waals surface area contributed by atoms with Gasteiger partial charge >= 0.3 is 0 Å². The van der Waals surface area contributed by atoms with Crippen LogP contribution in [0.15, 0.2) is 18.2 Å². The normalized spacial score (nSPS) is 18.8. The second kappa shape index (κ2) is 6.27. The molecule has 1 aliphatic heterocycles. The Morgan fingerprint density at radius 1 is 1.40 bits per heavy atom. The third-order valence-corrected chi connectivity index (χ3v) is 4.26. The molecule has 0 spiro atoms. The van der Waals surface area contributed by atoms with Gasteiger partial charge in [-0.25, -0.2) is 0 Å². The number of aryl methyl sites for hydroxylation is 1. The van der Waals surface area contributed by atoms with E-state index in [0.29, 0.717) is 11.7 Å². The second-order valence-electron chi connectivity index (χ2n) is 5.49. The maximum atomic E-state index is 12.6. The molecular formula is C16H25N3O. The molecule has 0 radical (unpaired) electrons. The van der Waals surface area contributed by atoms with Crippen LogP contribution in [-0.2, 0) is 0 Å². The summed E-state index contributed by atoms with van der Waals surface area (Å²) >= 11 is 0. The molecule has 1 atom stereocenters. The number of amides is 1. The van der Waals surface area contributed by atoms with Crippen molar-refractivity contribution in [1.29, 1.82) is 0 Å². The lowest BCUT2D eigenvalue weighted by atomic mass is 10.1. The SMILES string of the molecule is CCN(CC)C1CCN(C(=O)c2ccc(N)cc2C)C1. The topological polar surface area (TPSA) is 49.6 Å². The Hall–Kier alpha value is -1.55. The second-order valence-corrected chi connectivity index (χ2v) is 5.49. The molecule has 2 N–H and O–H groups in total. The van der Waals surface area contributed by atoms with Gasteiger partial charge in [0.1, 0.15) is 0 Å². The highest BCUT2D eigenvalue weighted by atomic mass is 16.2. The number of hydrogen-bond donors (Lipinski definition) is 1. The first kappa shape index (κ1) is 14.9. The lowest BCUT2D eigenvalue weighted by Crippen LogP contribution is -2.38. The summed E-state index contributed by atoms with van der Waals surface area (Å²) in [6.07, 6.45) is 1.07. The van der Waals surface area contributed by atoms with Gasteiger partial charge in [0.2, 0.25) is 0 Å². The molecule has 110 valence electrons. The standard InChI is InChI=1S/C16H25N3O/c1-4-18(5-2)14-8-9-19(11-14)16(20)15-7-6-13(17)10-12(15)3/h6-7,10,14H,4-5,8-9,11,17H2,1-3H3. The first-order valence-corrected chi connectivity index (χ1v) is 7.46. The predicted octanol–water partition coefficient (Wildman–Crippen LogP) is 2.13. The minimum Gasteiger partial charge on any atom is -0.399 e. The van der Waals surface area contributed by atoms with Crippen LogP contribution in [0.3, 0.4) is 0 Å². The number of likely N-dealkylation sites (N-methyl/N-ethyl adjacent to an activating group) is 1. The molecule has 0 aliphatic carbocycles. The molecule has 1 aliphatic rings. The summed E-state index contributed by atoms with van der Waals surface area (Å²) in [4.78, 5) is 17.0. The van der Waals surface area contributed by atoms with E-state index in [-0.39, 0.29) is 5.91 Å². The summed E-state index contributed by atoms with van der Waals surface area (Å²) in [6, 6.07) is 6.02. The van der Waals surface area contributed by atoms with Crippen molar-refractivity contribution in [3.05, 3.63) is 29.3 Å². The summed E-state index contributed by atoms with van der Waals surface area (Å²) in [5.74, 6) is 0.136. The van der Waals surface area contributed by atoms with Gasteiger partial charge < -0.3 is 10.6 Å². The molecule has 4 heteroatoms. The fraction of sp³-hybridized carbons (Fsp3) is 0.562. The third kappa shape index (κ3) is 2.96. The van der Waals surface area contributed by atoms with Crippen molar-refractivity contribution < 1.29 is 4.79 Å². The van der Waals surface area contributed by atoms with E-state index in [2.05, 4.69) is 18.7 Å². The van der Waals surface area contributed by atoms with E-state index < -0.39 is 0 Å². The summed E-state index contributed by atoms with van der Waals surface area (Å²) in [5.41, 5.74) is 8.19. The molecule has 1 fully saturated rings. The average Bonchev–Trinajstić information content (AvgIpc) is 2.89. The molecule has 4 nitrogen and oxygen atoms in total. The molecule has 0 bridgehead atoms. The number of benzene rings is 1. The number of nitrogen functional groups attached to an aromatic ring is 1. The Morgan fingerprint density at radius 2 is 2.10 bits per heavy atom. The van der Waals surface area contributed by atoms with E-state index in [1.807, 2.05) is 24.0 Å². The van der Waals surface area contributed by atoms with Gasteiger partial charge in [0.05, 0.1) is 0 Å². The van der Waals surface area contributed by atoms with E-state index >= 15 is 0 Å². The van der Waals surface area contributed by atoms with E-state index in [4.69, 9.17) is 5.73 Å². The Labute approximate surface area is 121 Å². The average molecular weight is 275 g/mol. The monoisotopic (exact) mass is 275 g/mol. The highest BCUT2D eigenvalue weighted by Crippen LogP contribution is 2.20.